The zero-order valence-corrected chi connectivity index (χ0v) is 8.83. The van der Waals surface area contributed by atoms with E-state index in [1.165, 1.54) is 0 Å². The predicted molar refractivity (Wildman–Crippen MR) is 47.3 cm³/mol. The third kappa shape index (κ3) is 147. The number of hydrogen-bond donors (Lipinski definition) is 0. The summed E-state index contributed by atoms with van der Waals surface area (Å²) in [4.78, 5) is 0. The minimum atomic E-state index is 0. The first-order valence-electron chi connectivity index (χ1n) is 1.55. The quantitative estimate of drug-likeness (QED) is 0.595. The van der Waals surface area contributed by atoms with E-state index in [4.69, 9.17) is 31.6 Å². The third-order valence-electron chi connectivity index (χ3n) is 0. The van der Waals surface area contributed by atoms with Gasteiger partial charge in [0.15, 0.2) is 0 Å². The molecule has 0 aromatic rings. The summed E-state index contributed by atoms with van der Waals surface area (Å²) in [6, 6.07) is 0. The van der Waals surface area contributed by atoms with Crippen molar-refractivity contribution in [2.24, 2.45) is 0 Å². The van der Waals surface area contributed by atoms with Gasteiger partial charge in [0.2, 0.25) is 0 Å². The summed E-state index contributed by atoms with van der Waals surface area (Å²) in [5.74, 6) is 0. The second kappa shape index (κ2) is 202. The Balaban J connectivity index is -0.00000000500. The van der Waals surface area contributed by atoms with Gasteiger partial charge in [-0.25, -0.2) is 31.6 Å². The molecule has 0 aliphatic rings. The molecular weight excluding hydrogens is 247 g/mol. The number of hydrogen-bond acceptors (Lipinski definition) is 6. The molecule has 0 radical (unpaired) electrons. The van der Waals surface area contributed by atoms with Gasteiger partial charge < -0.3 is 0 Å². The van der Waals surface area contributed by atoms with Crippen molar-refractivity contribution in [3.8, 4) is 39.4 Å². The number of rotatable bonds is 0. The van der Waals surface area contributed by atoms with Crippen LogP contribution in [0.2, 0.25) is 0 Å². The molecule has 0 spiro atoms. The van der Waals surface area contributed by atoms with Gasteiger partial charge >= 0.3 is 0 Å². The molecule has 0 heterocycles. The molecule has 14 heavy (non-hydrogen) atoms. The van der Waals surface area contributed by atoms with Gasteiger partial charge in [0.25, 0.3) is 0 Å². The van der Waals surface area contributed by atoms with Crippen LogP contribution in [0.1, 0.15) is 0 Å². The molecular formula is C6H7ClFeN6. The van der Waals surface area contributed by atoms with Crippen LogP contribution in [0.5, 0.6) is 0 Å². The van der Waals surface area contributed by atoms with E-state index in [2.05, 4.69) is 39.4 Å². The Morgan fingerprint density at radius 1 is 0.357 bits per heavy atom. The molecule has 0 bridgehead atoms. The van der Waals surface area contributed by atoms with E-state index in [0.717, 1.165) is 0 Å². The Bertz CT molecular complexity index is 97.3. The third-order valence-corrected chi connectivity index (χ3v) is 0. The van der Waals surface area contributed by atoms with Crippen molar-refractivity contribution in [1.29, 1.82) is 31.6 Å². The molecule has 0 amide bonds. The van der Waals surface area contributed by atoms with Crippen molar-refractivity contribution in [2.45, 2.75) is 0 Å². The Labute approximate surface area is 101 Å². The molecule has 0 fully saturated rings. The van der Waals surface area contributed by atoms with Crippen LogP contribution in [0.4, 0.5) is 0 Å². The summed E-state index contributed by atoms with van der Waals surface area (Å²) in [6.07, 6.45) is 0. The Kier molecular flexibility index (Phi) is 1390. The van der Waals surface area contributed by atoms with E-state index < -0.39 is 0 Å². The van der Waals surface area contributed by atoms with E-state index in [9.17, 15) is 0 Å². The topological polar surface area (TPSA) is 143 Å². The second-order valence-electron chi connectivity index (χ2n) is 0. The smallest absolute Gasteiger partial charge is 0.0462 e. The van der Waals surface area contributed by atoms with Crippen molar-refractivity contribution >= 4 is 12.4 Å². The summed E-state index contributed by atoms with van der Waals surface area (Å²) in [7, 11) is 0. The number of nitrogens with zero attached hydrogens (tertiary/aromatic N) is 6. The molecule has 0 aromatic carbocycles. The van der Waals surface area contributed by atoms with Crippen LogP contribution in [0, 0.1) is 71.0 Å². The standard InChI is InChI=1S/6CHN.ClH.Fe/c6*1-2;;/h6*1H;1H;. The maximum Gasteiger partial charge on any atom is 0.0462 e. The Morgan fingerprint density at radius 3 is 0.357 bits per heavy atom. The molecule has 0 saturated carbocycles. The van der Waals surface area contributed by atoms with Crippen LogP contribution < -0.4 is 0 Å². The first-order chi connectivity index (χ1) is 6.00. The summed E-state index contributed by atoms with van der Waals surface area (Å²) < 4.78 is 0. The van der Waals surface area contributed by atoms with Gasteiger partial charge in [-0.2, -0.15) is 0 Å². The van der Waals surface area contributed by atoms with Gasteiger partial charge in [-0.3, -0.25) is 0 Å². The van der Waals surface area contributed by atoms with Crippen molar-refractivity contribution in [3.63, 3.8) is 0 Å². The molecule has 76 valence electrons. The van der Waals surface area contributed by atoms with E-state index >= 15 is 0 Å². The van der Waals surface area contributed by atoms with Crippen LogP contribution in [0.3, 0.4) is 0 Å². The van der Waals surface area contributed by atoms with Gasteiger partial charge in [-0.1, -0.05) is 0 Å². The average molecular weight is 254 g/mol. The molecule has 0 atom stereocenters. The van der Waals surface area contributed by atoms with Crippen LogP contribution in [0.25, 0.3) is 0 Å². The van der Waals surface area contributed by atoms with Crippen molar-refractivity contribution in [3.05, 3.63) is 0 Å². The molecule has 6 nitrogen and oxygen atoms in total. The Morgan fingerprint density at radius 2 is 0.357 bits per heavy atom. The normalized spacial score (nSPS) is 0.857. The fourth-order valence-corrected chi connectivity index (χ4v) is 0. The molecule has 0 aliphatic carbocycles. The molecule has 0 aliphatic heterocycles. The van der Waals surface area contributed by atoms with Crippen LogP contribution >= 0.6 is 12.4 Å². The van der Waals surface area contributed by atoms with Gasteiger partial charge in [-0.15, -0.1) is 12.4 Å². The number of nitriles is 6. The van der Waals surface area contributed by atoms with E-state index in [0.29, 0.717) is 0 Å². The van der Waals surface area contributed by atoms with Crippen LogP contribution in [-0.4, -0.2) is 0 Å². The van der Waals surface area contributed by atoms with Gasteiger partial charge in [-0.05, 0) is 0 Å². The van der Waals surface area contributed by atoms with Gasteiger partial charge in [0.1, 0.15) is 0 Å². The predicted octanol–water partition coefficient (Wildman–Crippen LogP) is 1.26. The molecule has 8 heteroatoms. The maximum atomic E-state index is 6.50. The van der Waals surface area contributed by atoms with E-state index in [-0.39, 0.29) is 29.5 Å². The van der Waals surface area contributed by atoms with Crippen molar-refractivity contribution in [1.82, 2.24) is 0 Å². The van der Waals surface area contributed by atoms with Crippen LogP contribution in [0.15, 0.2) is 0 Å². The minimum Gasteiger partial charge on any atom is -0.202 e. The Hall–Kier alpha value is -2.25. The fraction of sp³-hybridized carbons (Fsp3) is 0. The number of halogens is 1. The monoisotopic (exact) mass is 254 g/mol. The van der Waals surface area contributed by atoms with E-state index in [1.807, 2.05) is 0 Å². The second-order valence-corrected chi connectivity index (χ2v) is 0. The molecule has 0 aromatic heterocycles. The molecule has 0 rings (SSSR count). The summed E-state index contributed by atoms with van der Waals surface area (Å²) in [5.41, 5.74) is 0. The molecule has 0 N–H and O–H groups in total. The first-order valence-corrected chi connectivity index (χ1v) is 1.55. The zero-order valence-electron chi connectivity index (χ0n) is 6.91. The molecule has 0 saturated heterocycles. The first kappa shape index (κ1) is 96.6. The minimum absolute atomic E-state index is 0. The van der Waals surface area contributed by atoms with Crippen molar-refractivity contribution in [2.75, 3.05) is 0 Å². The van der Waals surface area contributed by atoms with Crippen LogP contribution in [-0.2, 0) is 17.1 Å². The molecule has 0 unspecified atom stereocenters. The van der Waals surface area contributed by atoms with E-state index in [1.54, 1.807) is 0 Å². The van der Waals surface area contributed by atoms with Crippen molar-refractivity contribution < 1.29 is 17.1 Å². The largest absolute Gasteiger partial charge is 0.202 e. The van der Waals surface area contributed by atoms with Gasteiger partial charge in [0, 0.05) is 56.5 Å². The summed E-state index contributed by atoms with van der Waals surface area (Å²) in [6.45, 7) is 21.0. The summed E-state index contributed by atoms with van der Waals surface area (Å²) >= 11 is 0. The SMILES string of the molecule is C#N.C#N.C#N.C#N.C#N.C#N.Cl.[Fe]. The average Bonchev–Trinajstić information content (AvgIpc) is 2.33. The summed E-state index contributed by atoms with van der Waals surface area (Å²) in [5, 5.41) is 39.0. The zero-order chi connectivity index (χ0) is 12.0. The maximum absolute atomic E-state index is 6.50. The fourth-order valence-electron chi connectivity index (χ4n) is 0. The van der Waals surface area contributed by atoms with Gasteiger partial charge in [0.05, 0.1) is 0 Å².